The minimum absolute atomic E-state index is 0.169. The van der Waals surface area contributed by atoms with Gasteiger partial charge in [0, 0.05) is 11.7 Å². The van der Waals surface area contributed by atoms with Gasteiger partial charge in [-0.3, -0.25) is 9.59 Å². The van der Waals surface area contributed by atoms with Crippen molar-refractivity contribution in [2.75, 3.05) is 11.9 Å². The van der Waals surface area contributed by atoms with Gasteiger partial charge in [0.15, 0.2) is 12.4 Å². The molecule has 1 aromatic carbocycles. The molecule has 0 aliphatic heterocycles. The van der Waals surface area contributed by atoms with Crippen LogP contribution in [0.1, 0.15) is 58.6 Å². The molecule has 0 radical (unpaired) electrons. The van der Waals surface area contributed by atoms with Crippen LogP contribution >= 0.6 is 0 Å². The number of rotatable bonds is 6. The van der Waals surface area contributed by atoms with Gasteiger partial charge in [-0.1, -0.05) is 25.3 Å². The monoisotopic (exact) mass is 384 g/mol. The Bertz CT molecular complexity index is 838. The Morgan fingerprint density at radius 2 is 1.93 bits per heavy atom. The molecule has 1 aliphatic carbocycles. The summed E-state index contributed by atoms with van der Waals surface area (Å²) in [5, 5.41) is 5.61. The van der Waals surface area contributed by atoms with Crippen molar-refractivity contribution in [1.29, 1.82) is 0 Å². The Labute approximate surface area is 163 Å². The van der Waals surface area contributed by atoms with E-state index in [0.717, 1.165) is 31.2 Å². The second-order valence-electron chi connectivity index (χ2n) is 6.94. The van der Waals surface area contributed by atoms with Gasteiger partial charge in [0.2, 0.25) is 0 Å². The van der Waals surface area contributed by atoms with E-state index in [-0.39, 0.29) is 29.9 Å². The number of furan rings is 1. The molecule has 0 saturated heterocycles. The van der Waals surface area contributed by atoms with Gasteiger partial charge in [0.05, 0.1) is 11.8 Å². The van der Waals surface area contributed by atoms with Crippen LogP contribution < -0.4 is 10.6 Å². The third kappa shape index (κ3) is 5.22. The van der Waals surface area contributed by atoms with Gasteiger partial charge in [-0.05, 0) is 49.6 Å². The van der Waals surface area contributed by atoms with E-state index < -0.39 is 11.9 Å². The zero-order chi connectivity index (χ0) is 19.9. The fourth-order valence-corrected chi connectivity index (χ4v) is 3.21. The van der Waals surface area contributed by atoms with Crippen LogP contribution in [0.4, 0.5) is 5.69 Å². The van der Waals surface area contributed by atoms with Crippen molar-refractivity contribution in [2.24, 2.45) is 0 Å². The normalized spacial score (nSPS) is 14.3. The van der Waals surface area contributed by atoms with E-state index in [0.29, 0.717) is 5.69 Å². The Hall–Kier alpha value is -3.09. The molecule has 7 heteroatoms. The minimum Gasteiger partial charge on any atom is -0.459 e. The molecule has 3 rings (SSSR count). The predicted molar refractivity (Wildman–Crippen MR) is 103 cm³/mol. The molecule has 0 bridgehead atoms. The highest BCUT2D eigenvalue weighted by molar-refractivity contribution is 6.03. The minimum atomic E-state index is -0.618. The molecule has 0 unspecified atom stereocenters. The third-order valence-electron chi connectivity index (χ3n) is 4.77. The Morgan fingerprint density at radius 1 is 1.14 bits per heavy atom. The third-order valence-corrected chi connectivity index (χ3v) is 4.77. The quantitative estimate of drug-likeness (QED) is 0.744. The van der Waals surface area contributed by atoms with Gasteiger partial charge >= 0.3 is 5.97 Å². The average Bonchev–Trinajstić information content (AvgIpc) is 3.23. The SMILES string of the molecule is Cc1ccc(C(=O)OCC(=O)NC2CCCCC2)cc1NC(=O)c1ccco1. The molecule has 0 atom stereocenters. The maximum atomic E-state index is 12.3. The summed E-state index contributed by atoms with van der Waals surface area (Å²) in [6.07, 6.45) is 6.77. The zero-order valence-electron chi connectivity index (χ0n) is 15.8. The summed E-state index contributed by atoms with van der Waals surface area (Å²) in [5.74, 6) is -1.15. The molecular weight excluding hydrogens is 360 g/mol. The molecule has 1 fully saturated rings. The number of aryl methyl sites for hydroxylation is 1. The van der Waals surface area contributed by atoms with Gasteiger partial charge in [0.25, 0.3) is 11.8 Å². The predicted octanol–water partition coefficient (Wildman–Crippen LogP) is 3.45. The molecule has 1 aliphatic rings. The molecule has 0 spiro atoms. The van der Waals surface area contributed by atoms with Crippen LogP contribution in [0.2, 0.25) is 0 Å². The van der Waals surface area contributed by atoms with Gasteiger partial charge in [0.1, 0.15) is 0 Å². The van der Waals surface area contributed by atoms with Crippen LogP contribution in [0.15, 0.2) is 41.0 Å². The number of esters is 1. The fourth-order valence-electron chi connectivity index (χ4n) is 3.21. The van der Waals surface area contributed by atoms with Gasteiger partial charge in [-0.25, -0.2) is 4.79 Å². The largest absolute Gasteiger partial charge is 0.459 e. The number of nitrogens with one attached hydrogen (secondary N) is 2. The Kier molecular flexibility index (Phi) is 6.47. The first-order valence-corrected chi connectivity index (χ1v) is 9.45. The lowest BCUT2D eigenvalue weighted by Gasteiger charge is -2.22. The zero-order valence-corrected chi connectivity index (χ0v) is 15.8. The molecule has 2 N–H and O–H groups in total. The first-order valence-electron chi connectivity index (χ1n) is 9.45. The van der Waals surface area contributed by atoms with Crippen molar-refractivity contribution in [2.45, 2.75) is 45.1 Å². The molecule has 1 aromatic heterocycles. The second kappa shape index (κ2) is 9.21. The van der Waals surface area contributed by atoms with E-state index in [4.69, 9.17) is 9.15 Å². The van der Waals surface area contributed by atoms with Gasteiger partial charge in [-0.2, -0.15) is 0 Å². The maximum absolute atomic E-state index is 12.3. The fraction of sp³-hybridized carbons (Fsp3) is 0.381. The Balaban J connectivity index is 1.56. The van der Waals surface area contributed by atoms with Crippen molar-refractivity contribution >= 4 is 23.5 Å². The molecular formula is C21H24N2O5. The van der Waals surface area contributed by atoms with Crippen molar-refractivity contribution in [3.63, 3.8) is 0 Å². The van der Waals surface area contributed by atoms with E-state index in [1.807, 2.05) is 6.92 Å². The van der Waals surface area contributed by atoms with Gasteiger partial charge in [-0.15, -0.1) is 0 Å². The first kappa shape index (κ1) is 19.7. The lowest BCUT2D eigenvalue weighted by molar-refractivity contribution is -0.125. The molecule has 1 saturated carbocycles. The summed E-state index contributed by atoms with van der Waals surface area (Å²) in [6, 6.07) is 8.16. The average molecular weight is 384 g/mol. The van der Waals surface area contributed by atoms with E-state index in [1.54, 1.807) is 24.3 Å². The van der Waals surface area contributed by atoms with Crippen LogP contribution in [0, 0.1) is 6.92 Å². The lowest BCUT2D eigenvalue weighted by atomic mass is 9.95. The van der Waals surface area contributed by atoms with Crippen LogP contribution in [-0.2, 0) is 9.53 Å². The van der Waals surface area contributed by atoms with E-state index in [1.165, 1.54) is 18.8 Å². The summed E-state index contributed by atoms with van der Waals surface area (Å²) in [7, 11) is 0. The Morgan fingerprint density at radius 3 is 2.64 bits per heavy atom. The van der Waals surface area contributed by atoms with Crippen molar-refractivity contribution in [3.8, 4) is 0 Å². The summed E-state index contributed by atoms with van der Waals surface area (Å²) >= 11 is 0. The first-order chi connectivity index (χ1) is 13.5. The number of carbonyl (C=O) groups excluding carboxylic acids is 3. The summed E-state index contributed by atoms with van der Waals surface area (Å²) in [6.45, 7) is 1.49. The molecule has 28 heavy (non-hydrogen) atoms. The summed E-state index contributed by atoms with van der Waals surface area (Å²) < 4.78 is 10.2. The number of carbonyl (C=O) groups is 3. The number of benzene rings is 1. The van der Waals surface area contributed by atoms with E-state index in [2.05, 4.69) is 10.6 Å². The molecule has 2 amide bonds. The summed E-state index contributed by atoms with van der Waals surface area (Å²) in [5.41, 5.74) is 1.51. The highest BCUT2D eigenvalue weighted by atomic mass is 16.5. The van der Waals surface area contributed by atoms with Crippen molar-refractivity contribution in [3.05, 3.63) is 53.5 Å². The van der Waals surface area contributed by atoms with Crippen LogP contribution in [-0.4, -0.2) is 30.4 Å². The van der Waals surface area contributed by atoms with E-state index >= 15 is 0 Å². The van der Waals surface area contributed by atoms with Gasteiger partial charge < -0.3 is 19.8 Å². The lowest BCUT2D eigenvalue weighted by Crippen LogP contribution is -2.38. The number of anilines is 1. The van der Waals surface area contributed by atoms with Crippen LogP contribution in [0.25, 0.3) is 0 Å². The number of amides is 2. The highest BCUT2D eigenvalue weighted by Gasteiger charge is 2.18. The van der Waals surface area contributed by atoms with Crippen molar-refractivity contribution < 1.29 is 23.5 Å². The van der Waals surface area contributed by atoms with Crippen LogP contribution in [0.3, 0.4) is 0 Å². The smallest absolute Gasteiger partial charge is 0.338 e. The second-order valence-corrected chi connectivity index (χ2v) is 6.94. The molecule has 2 aromatic rings. The molecule has 148 valence electrons. The van der Waals surface area contributed by atoms with E-state index in [9.17, 15) is 14.4 Å². The number of hydrogen-bond acceptors (Lipinski definition) is 5. The van der Waals surface area contributed by atoms with Crippen LogP contribution in [0.5, 0.6) is 0 Å². The topological polar surface area (TPSA) is 97.6 Å². The maximum Gasteiger partial charge on any atom is 0.338 e. The summed E-state index contributed by atoms with van der Waals surface area (Å²) in [4.78, 5) is 36.4. The highest BCUT2D eigenvalue weighted by Crippen LogP contribution is 2.19. The number of hydrogen-bond donors (Lipinski definition) is 2. The molecule has 7 nitrogen and oxygen atoms in total. The van der Waals surface area contributed by atoms with Crippen molar-refractivity contribution in [1.82, 2.24) is 5.32 Å². The standard InChI is InChI=1S/C21H24N2O5/c1-14-9-10-15(12-17(14)23-20(25)18-8-5-11-27-18)21(26)28-13-19(24)22-16-6-3-2-4-7-16/h5,8-12,16H,2-4,6-7,13H2,1H3,(H,22,24)(H,23,25). The molecule has 1 heterocycles. The number of ether oxygens (including phenoxy) is 1.